The quantitative estimate of drug-likeness (QED) is 0.856. The predicted octanol–water partition coefficient (Wildman–Crippen LogP) is 2.22. The molecule has 2 aliphatic rings. The third-order valence-corrected chi connectivity index (χ3v) is 4.74. The molecule has 0 bridgehead atoms. The number of β-amino-alcohol motifs (C(OH)–C–C–N with tert-alkyl or cyclic N) is 1. The number of ether oxygens (including phenoxy) is 2. The van der Waals surface area contributed by atoms with Gasteiger partial charge in [-0.25, -0.2) is 0 Å². The Bertz CT molecular complexity index is 648. The fraction of sp³-hybridized carbons (Fsp3) is 0.400. The summed E-state index contributed by atoms with van der Waals surface area (Å²) in [5, 5.41) is 10.6. The molecular formula is C20H23NO3. The van der Waals surface area contributed by atoms with Crippen molar-refractivity contribution >= 4 is 0 Å². The van der Waals surface area contributed by atoms with Gasteiger partial charge in [0.15, 0.2) is 0 Å². The average Bonchev–Trinajstić information content (AvgIpc) is 3.36. The molecule has 24 heavy (non-hydrogen) atoms. The van der Waals surface area contributed by atoms with Crippen LogP contribution in [0.15, 0.2) is 60.7 Å². The molecule has 4 rings (SSSR count). The summed E-state index contributed by atoms with van der Waals surface area (Å²) in [6.45, 7) is 2.80. The summed E-state index contributed by atoms with van der Waals surface area (Å²) >= 11 is 0. The van der Waals surface area contributed by atoms with E-state index in [1.807, 2.05) is 48.5 Å². The van der Waals surface area contributed by atoms with Crippen molar-refractivity contribution < 1.29 is 14.6 Å². The molecule has 0 saturated carbocycles. The Kier molecular flexibility index (Phi) is 4.63. The summed E-state index contributed by atoms with van der Waals surface area (Å²) < 4.78 is 11.8. The van der Waals surface area contributed by atoms with Crippen LogP contribution in [0.1, 0.15) is 11.1 Å². The summed E-state index contributed by atoms with van der Waals surface area (Å²) in [4.78, 5) is 2.26. The van der Waals surface area contributed by atoms with Gasteiger partial charge in [-0.1, -0.05) is 60.7 Å². The van der Waals surface area contributed by atoms with Crippen LogP contribution in [0.4, 0.5) is 0 Å². The Labute approximate surface area is 142 Å². The SMILES string of the molecule is O[C@H]1CN(Cc2ccccc2)C[C@@H]2O[C@@H]2[C@@H]1OCc1ccccc1. The van der Waals surface area contributed by atoms with Crippen LogP contribution in [0.5, 0.6) is 0 Å². The molecule has 2 aromatic rings. The second kappa shape index (κ2) is 7.03. The molecule has 0 unspecified atom stereocenters. The van der Waals surface area contributed by atoms with Crippen LogP contribution in [0.2, 0.25) is 0 Å². The van der Waals surface area contributed by atoms with Gasteiger partial charge in [0.2, 0.25) is 0 Å². The molecule has 0 amide bonds. The van der Waals surface area contributed by atoms with Crippen LogP contribution in [0, 0.1) is 0 Å². The number of hydrogen-bond donors (Lipinski definition) is 1. The Morgan fingerprint density at radius 2 is 1.62 bits per heavy atom. The number of epoxide rings is 1. The minimum atomic E-state index is -0.532. The largest absolute Gasteiger partial charge is 0.389 e. The lowest BCUT2D eigenvalue weighted by Crippen LogP contribution is -2.40. The molecule has 2 fully saturated rings. The van der Waals surface area contributed by atoms with Gasteiger partial charge in [0.1, 0.15) is 12.2 Å². The number of rotatable bonds is 5. The molecule has 0 radical (unpaired) electrons. The monoisotopic (exact) mass is 325 g/mol. The molecule has 2 heterocycles. The molecule has 4 heteroatoms. The molecule has 0 aromatic heterocycles. The molecule has 4 atom stereocenters. The highest BCUT2D eigenvalue weighted by atomic mass is 16.6. The molecule has 4 nitrogen and oxygen atoms in total. The molecule has 0 aliphatic carbocycles. The van der Waals surface area contributed by atoms with E-state index < -0.39 is 6.10 Å². The second-order valence-electron chi connectivity index (χ2n) is 6.65. The van der Waals surface area contributed by atoms with E-state index in [9.17, 15) is 5.11 Å². The Balaban J connectivity index is 1.38. The van der Waals surface area contributed by atoms with Crippen molar-refractivity contribution in [2.75, 3.05) is 13.1 Å². The fourth-order valence-corrected chi connectivity index (χ4v) is 3.45. The molecule has 1 N–H and O–H groups in total. The zero-order valence-electron chi connectivity index (χ0n) is 13.6. The molecule has 2 aliphatic heterocycles. The number of benzene rings is 2. The van der Waals surface area contributed by atoms with E-state index in [1.165, 1.54) is 5.56 Å². The Hall–Kier alpha value is -1.72. The smallest absolute Gasteiger partial charge is 0.114 e. The molecular weight excluding hydrogens is 302 g/mol. The van der Waals surface area contributed by atoms with E-state index in [1.54, 1.807) is 0 Å². The van der Waals surface area contributed by atoms with Crippen molar-refractivity contribution in [1.82, 2.24) is 4.90 Å². The minimum absolute atomic E-state index is 0.0180. The Morgan fingerprint density at radius 1 is 0.958 bits per heavy atom. The fourth-order valence-electron chi connectivity index (χ4n) is 3.45. The van der Waals surface area contributed by atoms with Gasteiger partial charge in [-0.3, -0.25) is 4.90 Å². The topological polar surface area (TPSA) is 45.2 Å². The zero-order chi connectivity index (χ0) is 16.4. The van der Waals surface area contributed by atoms with E-state index in [2.05, 4.69) is 17.0 Å². The highest BCUT2D eigenvalue weighted by Crippen LogP contribution is 2.33. The lowest BCUT2D eigenvalue weighted by atomic mass is 10.1. The van der Waals surface area contributed by atoms with Crippen molar-refractivity contribution in [1.29, 1.82) is 0 Å². The van der Waals surface area contributed by atoms with E-state index >= 15 is 0 Å². The summed E-state index contributed by atoms with van der Waals surface area (Å²) in [6.07, 6.45) is -0.595. The summed E-state index contributed by atoms with van der Waals surface area (Å²) in [5.41, 5.74) is 2.37. The van der Waals surface area contributed by atoms with Crippen LogP contribution < -0.4 is 0 Å². The number of fused-ring (bicyclic) bond motifs is 1. The average molecular weight is 325 g/mol. The van der Waals surface area contributed by atoms with Crippen LogP contribution in [-0.2, 0) is 22.6 Å². The van der Waals surface area contributed by atoms with Crippen LogP contribution >= 0.6 is 0 Å². The van der Waals surface area contributed by atoms with Crippen molar-refractivity contribution in [3.8, 4) is 0 Å². The minimum Gasteiger partial charge on any atom is -0.389 e. The van der Waals surface area contributed by atoms with E-state index in [-0.39, 0.29) is 18.3 Å². The first-order valence-electron chi connectivity index (χ1n) is 8.55. The second-order valence-corrected chi connectivity index (χ2v) is 6.65. The maximum Gasteiger partial charge on any atom is 0.114 e. The first-order chi connectivity index (χ1) is 11.8. The van der Waals surface area contributed by atoms with E-state index in [4.69, 9.17) is 9.47 Å². The number of nitrogens with zero attached hydrogens (tertiary/aromatic N) is 1. The van der Waals surface area contributed by atoms with Gasteiger partial charge in [0.25, 0.3) is 0 Å². The number of aliphatic hydroxyl groups is 1. The van der Waals surface area contributed by atoms with Gasteiger partial charge in [-0.2, -0.15) is 0 Å². The van der Waals surface area contributed by atoms with Crippen molar-refractivity contribution in [2.24, 2.45) is 0 Å². The van der Waals surface area contributed by atoms with Crippen LogP contribution in [0.3, 0.4) is 0 Å². The van der Waals surface area contributed by atoms with Gasteiger partial charge in [0, 0.05) is 19.6 Å². The maximum absolute atomic E-state index is 10.6. The predicted molar refractivity (Wildman–Crippen MR) is 91.4 cm³/mol. The lowest BCUT2D eigenvalue weighted by Gasteiger charge is -2.26. The molecule has 126 valence electrons. The molecule has 2 aromatic carbocycles. The van der Waals surface area contributed by atoms with Gasteiger partial charge in [-0.05, 0) is 11.1 Å². The zero-order valence-corrected chi connectivity index (χ0v) is 13.6. The first-order valence-corrected chi connectivity index (χ1v) is 8.55. The normalized spacial score (nSPS) is 29.7. The summed E-state index contributed by atoms with van der Waals surface area (Å²) in [6, 6.07) is 20.4. The van der Waals surface area contributed by atoms with E-state index in [0.717, 1.165) is 18.7 Å². The highest BCUT2D eigenvalue weighted by molar-refractivity contribution is 5.16. The first kappa shape index (κ1) is 15.8. The Morgan fingerprint density at radius 3 is 2.33 bits per heavy atom. The molecule has 0 spiro atoms. The van der Waals surface area contributed by atoms with Crippen LogP contribution in [0.25, 0.3) is 0 Å². The number of likely N-dealkylation sites (tertiary alicyclic amines) is 1. The van der Waals surface area contributed by atoms with E-state index in [0.29, 0.717) is 13.2 Å². The lowest BCUT2D eigenvalue weighted by molar-refractivity contribution is -0.0676. The third kappa shape index (κ3) is 3.68. The van der Waals surface area contributed by atoms with Gasteiger partial charge in [0.05, 0.1) is 18.8 Å². The maximum atomic E-state index is 10.6. The number of aliphatic hydroxyl groups excluding tert-OH is 1. The summed E-state index contributed by atoms with van der Waals surface area (Å²) in [5.74, 6) is 0. The highest BCUT2D eigenvalue weighted by Gasteiger charge is 2.51. The van der Waals surface area contributed by atoms with Crippen molar-refractivity contribution in [3.05, 3.63) is 71.8 Å². The summed E-state index contributed by atoms with van der Waals surface area (Å²) in [7, 11) is 0. The molecule has 2 saturated heterocycles. The van der Waals surface area contributed by atoms with Gasteiger partial charge < -0.3 is 14.6 Å². The third-order valence-electron chi connectivity index (χ3n) is 4.74. The standard InChI is InChI=1S/C20H23NO3/c22-17-12-21(11-15-7-3-1-4-8-15)13-18-20(24-18)19(17)23-14-16-9-5-2-6-10-16/h1-10,17-20,22H,11-14H2/t17-,18-,19+,20-/m0/s1. The van der Waals surface area contributed by atoms with Gasteiger partial charge >= 0.3 is 0 Å². The van der Waals surface area contributed by atoms with Gasteiger partial charge in [-0.15, -0.1) is 0 Å². The van der Waals surface area contributed by atoms with Crippen molar-refractivity contribution in [2.45, 2.75) is 37.6 Å². The van der Waals surface area contributed by atoms with Crippen LogP contribution in [-0.4, -0.2) is 47.5 Å². The van der Waals surface area contributed by atoms with Crippen molar-refractivity contribution in [3.63, 3.8) is 0 Å². The number of hydrogen-bond acceptors (Lipinski definition) is 4.